The number of furan rings is 1. The monoisotopic (exact) mass is 445 g/mol. The Hall–Kier alpha value is -3.78. The van der Waals surface area contributed by atoms with Crippen LogP contribution in [-0.4, -0.2) is 27.0 Å². The van der Waals surface area contributed by atoms with Crippen molar-refractivity contribution in [2.45, 2.75) is 26.3 Å². The van der Waals surface area contributed by atoms with Crippen molar-refractivity contribution in [3.05, 3.63) is 87.8 Å². The number of aliphatic hydroxyl groups is 1. The number of ketones is 1. The van der Waals surface area contributed by atoms with Gasteiger partial charge in [0.1, 0.15) is 10.6 Å². The maximum atomic E-state index is 13.5. The van der Waals surface area contributed by atoms with Gasteiger partial charge in [0, 0.05) is 5.39 Å². The first-order valence-corrected chi connectivity index (χ1v) is 11.0. The minimum atomic E-state index is -0.846. The van der Waals surface area contributed by atoms with Crippen LogP contribution in [-0.2, 0) is 11.2 Å². The number of rotatable bonds is 5. The van der Waals surface area contributed by atoms with Gasteiger partial charge in [-0.2, -0.15) is 0 Å². The van der Waals surface area contributed by atoms with Crippen molar-refractivity contribution in [2.24, 2.45) is 0 Å². The first kappa shape index (κ1) is 20.1. The molecule has 2 aromatic carbocycles. The zero-order valence-corrected chi connectivity index (χ0v) is 18.2. The molecule has 0 fully saturated rings. The van der Waals surface area contributed by atoms with E-state index in [1.54, 1.807) is 19.1 Å². The number of benzene rings is 2. The Balaban J connectivity index is 1.65. The van der Waals surface area contributed by atoms with Crippen LogP contribution < -0.4 is 4.90 Å². The van der Waals surface area contributed by atoms with Crippen LogP contribution in [0.25, 0.3) is 11.0 Å². The molecule has 0 radical (unpaired) electrons. The van der Waals surface area contributed by atoms with Gasteiger partial charge < -0.3 is 9.52 Å². The SMILES string of the molecule is CCc1ccc(C2C(C(=O)c3cc4ccccc4o3)=C(O)C(=O)N2c2nnc(C)s2)cc1. The molecule has 1 amide bonds. The van der Waals surface area contributed by atoms with Gasteiger partial charge in [-0.25, -0.2) is 0 Å². The average Bonchev–Trinajstić information content (AvgIpc) is 3.50. The lowest BCUT2D eigenvalue weighted by molar-refractivity contribution is -0.117. The molecular weight excluding hydrogens is 426 g/mol. The zero-order chi connectivity index (χ0) is 22.4. The van der Waals surface area contributed by atoms with Crippen LogP contribution in [0.1, 0.15) is 39.7 Å². The predicted octanol–water partition coefficient (Wildman–Crippen LogP) is 4.94. The molecular formula is C24H19N3O4S. The van der Waals surface area contributed by atoms with Crippen LogP contribution in [0.2, 0.25) is 0 Å². The van der Waals surface area contributed by atoms with Crippen LogP contribution in [0, 0.1) is 6.92 Å². The van der Waals surface area contributed by atoms with E-state index in [1.807, 2.05) is 49.4 Å². The molecule has 8 heteroatoms. The van der Waals surface area contributed by atoms with E-state index < -0.39 is 23.5 Å². The first-order chi connectivity index (χ1) is 15.5. The summed E-state index contributed by atoms with van der Waals surface area (Å²) in [4.78, 5) is 28.0. The summed E-state index contributed by atoms with van der Waals surface area (Å²) in [5, 5.41) is 20.7. The summed E-state index contributed by atoms with van der Waals surface area (Å²) in [6, 6.07) is 15.7. The molecule has 32 heavy (non-hydrogen) atoms. The predicted molar refractivity (Wildman–Crippen MR) is 121 cm³/mol. The Labute approximate surface area is 187 Å². The number of aliphatic hydroxyl groups excluding tert-OH is 1. The lowest BCUT2D eigenvalue weighted by Gasteiger charge is -2.24. The summed E-state index contributed by atoms with van der Waals surface area (Å²) in [5.74, 6) is -1.77. The van der Waals surface area contributed by atoms with Gasteiger partial charge in [-0.15, -0.1) is 10.2 Å². The highest BCUT2D eigenvalue weighted by atomic mass is 32.1. The van der Waals surface area contributed by atoms with Crippen LogP contribution >= 0.6 is 11.3 Å². The number of fused-ring (bicyclic) bond motifs is 1. The van der Waals surface area contributed by atoms with Crippen LogP contribution in [0.3, 0.4) is 0 Å². The number of anilines is 1. The number of carbonyl (C=O) groups is 2. The van der Waals surface area contributed by atoms with Crippen LogP contribution in [0.5, 0.6) is 0 Å². The Morgan fingerprint density at radius 1 is 1.16 bits per heavy atom. The number of aromatic nitrogens is 2. The Morgan fingerprint density at radius 3 is 2.56 bits per heavy atom. The van der Waals surface area contributed by atoms with Gasteiger partial charge in [-0.05, 0) is 36.6 Å². The third-order valence-corrected chi connectivity index (χ3v) is 6.37. The number of hydrogen-bond donors (Lipinski definition) is 1. The van der Waals surface area contributed by atoms with Crippen molar-refractivity contribution < 1.29 is 19.1 Å². The van der Waals surface area contributed by atoms with E-state index in [-0.39, 0.29) is 11.3 Å². The number of carbonyl (C=O) groups excluding carboxylic acids is 2. The lowest BCUT2D eigenvalue weighted by atomic mass is 9.94. The standard InChI is InChI=1S/C24H19N3O4S/c1-3-14-8-10-15(11-9-14)20-19(21(28)18-12-16-6-4-5-7-17(16)31-18)22(29)23(30)27(20)24-26-25-13(2)32-24/h4-12,20,29H,3H2,1-2H3. The largest absolute Gasteiger partial charge is 0.503 e. The Kier molecular flexibility index (Phi) is 4.86. The van der Waals surface area contributed by atoms with Gasteiger partial charge in [0.2, 0.25) is 10.9 Å². The lowest BCUT2D eigenvalue weighted by Crippen LogP contribution is -2.31. The van der Waals surface area contributed by atoms with Crippen molar-refractivity contribution >= 4 is 39.1 Å². The maximum absolute atomic E-state index is 13.5. The van der Waals surface area contributed by atoms with Crippen molar-refractivity contribution in [3.8, 4) is 0 Å². The molecule has 1 aliphatic heterocycles. The second-order valence-corrected chi connectivity index (χ2v) is 8.68. The fraction of sp³-hybridized carbons (Fsp3) is 0.167. The number of nitrogens with zero attached hydrogens (tertiary/aromatic N) is 3. The summed E-state index contributed by atoms with van der Waals surface area (Å²) in [5.41, 5.74) is 2.33. The normalized spacial score (nSPS) is 16.4. The van der Waals surface area contributed by atoms with E-state index in [0.29, 0.717) is 21.3 Å². The topological polar surface area (TPSA) is 96.5 Å². The molecule has 0 aliphatic carbocycles. The van der Waals surface area contributed by atoms with Gasteiger partial charge in [-0.1, -0.05) is 60.7 Å². The third-order valence-electron chi connectivity index (χ3n) is 5.53. The fourth-order valence-electron chi connectivity index (χ4n) is 3.90. The van der Waals surface area contributed by atoms with Crippen molar-refractivity contribution in [3.63, 3.8) is 0 Å². The van der Waals surface area contributed by atoms with Crippen molar-refractivity contribution in [1.29, 1.82) is 0 Å². The van der Waals surface area contributed by atoms with Gasteiger partial charge in [-0.3, -0.25) is 14.5 Å². The molecule has 1 atom stereocenters. The zero-order valence-electron chi connectivity index (χ0n) is 17.4. The summed E-state index contributed by atoms with van der Waals surface area (Å²) in [7, 11) is 0. The smallest absolute Gasteiger partial charge is 0.296 e. The highest BCUT2D eigenvalue weighted by Gasteiger charge is 2.46. The van der Waals surface area contributed by atoms with Crippen molar-refractivity contribution in [1.82, 2.24) is 10.2 Å². The molecule has 1 N–H and O–H groups in total. The second kappa shape index (κ2) is 7.72. The minimum Gasteiger partial charge on any atom is -0.503 e. The molecule has 0 bridgehead atoms. The Bertz CT molecular complexity index is 1350. The fourth-order valence-corrected chi connectivity index (χ4v) is 4.61. The molecule has 7 nitrogen and oxygen atoms in total. The highest BCUT2D eigenvalue weighted by Crippen LogP contribution is 2.43. The average molecular weight is 446 g/mol. The summed E-state index contributed by atoms with van der Waals surface area (Å²) in [6.45, 7) is 3.83. The maximum Gasteiger partial charge on any atom is 0.296 e. The number of para-hydroxylation sites is 1. The van der Waals surface area contributed by atoms with Gasteiger partial charge >= 0.3 is 0 Å². The molecule has 160 valence electrons. The molecule has 1 aliphatic rings. The second-order valence-electron chi connectivity index (χ2n) is 7.52. The van der Waals surface area contributed by atoms with Gasteiger partial charge in [0.25, 0.3) is 5.91 Å². The molecule has 0 saturated heterocycles. The van der Waals surface area contributed by atoms with E-state index in [0.717, 1.165) is 17.4 Å². The molecule has 5 rings (SSSR count). The molecule has 0 spiro atoms. The van der Waals surface area contributed by atoms with E-state index >= 15 is 0 Å². The van der Waals surface area contributed by atoms with Crippen molar-refractivity contribution in [2.75, 3.05) is 4.90 Å². The summed E-state index contributed by atoms with van der Waals surface area (Å²) < 4.78 is 5.74. The minimum absolute atomic E-state index is 0.0360. The van der Waals surface area contributed by atoms with Gasteiger partial charge in [0.05, 0.1) is 11.6 Å². The summed E-state index contributed by atoms with van der Waals surface area (Å²) >= 11 is 1.22. The van der Waals surface area contributed by atoms with E-state index in [2.05, 4.69) is 10.2 Å². The highest BCUT2D eigenvalue weighted by molar-refractivity contribution is 7.15. The van der Waals surface area contributed by atoms with Gasteiger partial charge in [0.15, 0.2) is 11.5 Å². The number of hydrogen-bond acceptors (Lipinski definition) is 7. The quantitative estimate of drug-likeness (QED) is 0.437. The molecule has 4 aromatic rings. The summed E-state index contributed by atoms with van der Waals surface area (Å²) in [6.07, 6.45) is 0.856. The number of amides is 1. The van der Waals surface area contributed by atoms with E-state index in [9.17, 15) is 14.7 Å². The Morgan fingerprint density at radius 2 is 1.91 bits per heavy atom. The number of aryl methyl sites for hydroxylation is 2. The molecule has 1 unspecified atom stereocenters. The van der Waals surface area contributed by atoms with E-state index in [1.165, 1.54) is 16.2 Å². The number of Topliss-reactive ketones (excluding diaryl/α,β-unsaturated/α-hetero) is 1. The van der Waals surface area contributed by atoms with E-state index in [4.69, 9.17) is 4.42 Å². The molecule has 3 heterocycles. The van der Waals surface area contributed by atoms with Crippen LogP contribution in [0.15, 0.2) is 70.3 Å². The molecule has 2 aromatic heterocycles. The first-order valence-electron chi connectivity index (χ1n) is 10.2. The molecule has 0 saturated carbocycles. The van der Waals surface area contributed by atoms with Crippen LogP contribution in [0.4, 0.5) is 5.13 Å². The third kappa shape index (κ3) is 3.20.